The van der Waals surface area contributed by atoms with Gasteiger partial charge in [-0.15, -0.1) is 0 Å². The van der Waals surface area contributed by atoms with E-state index in [0.717, 1.165) is 6.07 Å². The van der Waals surface area contributed by atoms with Crippen molar-refractivity contribution in [2.45, 2.75) is 12.6 Å². The van der Waals surface area contributed by atoms with Gasteiger partial charge < -0.3 is 5.11 Å². The molecule has 0 bridgehead atoms. The standard InChI is InChI=1S/C9H3F5N2O2/c10-7(11)6-5(8(17)18)4(9(12,13)14)1-3(2-15)16-6/h1,7H,(H,17,18). The van der Waals surface area contributed by atoms with E-state index >= 15 is 0 Å². The van der Waals surface area contributed by atoms with Crippen molar-refractivity contribution in [2.24, 2.45) is 0 Å². The second-order valence-electron chi connectivity index (χ2n) is 3.03. The number of hydrogen-bond acceptors (Lipinski definition) is 3. The maximum absolute atomic E-state index is 12.5. The SMILES string of the molecule is N#Cc1cc(C(F)(F)F)c(C(=O)O)c(C(F)F)n1. The fraction of sp³-hybridized carbons (Fsp3) is 0.222. The quantitative estimate of drug-likeness (QED) is 0.835. The van der Waals surface area contributed by atoms with Gasteiger partial charge in [0.2, 0.25) is 0 Å². The number of aromatic nitrogens is 1. The Morgan fingerprint density at radius 2 is 2.00 bits per heavy atom. The predicted octanol–water partition coefficient (Wildman–Crippen LogP) is 2.61. The molecule has 4 nitrogen and oxygen atoms in total. The van der Waals surface area contributed by atoms with E-state index in [4.69, 9.17) is 10.4 Å². The number of carboxylic acid groups (broad SMARTS) is 1. The lowest BCUT2D eigenvalue weighted by Gasteiger charge is -2.13. The molecule has 0 aliphatic heterocycles. The van der Waals surface area contributed by atoms with Gasteiger partial charge in [-0.2, -0.15) is 18.4 Å². The summed E-state index contributed by atoms with van der Waals surface area (Å²) in [4.78, 5) is 13.5. The Kier molecular flexibility index (Phi) is 3.50. The van der Waals surface area contributed by atoms with Crippen molar-refractivity contribution in [1.82, 2.24) is 4.98 Å². The molecule has 1 aromatic rings. The minimum atomic E-state index is -5.17. The molecule has 18 heavy (non-hydrogen) atoms. The van der Waals surface area contributed by atoms with Gasteiger partial charge in [0.1, 0.15) is 17.5 Å². The average molecular weight is 266 g/mol. The van der Waals surface area contributed by atoms with Crippen LogP contribution in [0.5, 0.6) is 0 Å². The van der Waals surface area contributed by atoms with E-state index in [0.29, 0.717) is 0 Å². The van der Waals surface area contributed by atoms with E-state index in [1.54, 1.807) is 0 Å². The van der Waals surface area contributed by atoms with Gasteiger partial charge in [0, 0.05) is 0 Å². The number of halogens is 5. The minimum Gasteiger partial charge on any atom is -0.478 e. The molecule has 1 N–H and O–H groups in total. The summed E-state index contributed by atoms with van der Waals surface area (Å²) in [6.07, 6.45) is -8.71. The molecule has 0 saturated carbocycles. The second-order valence-corrected chi connectivity index (χ2v) is 3.03. The van der Waals surface area contributed by atoms with E-state index in [9.17, 15) is 26.7 Å². The number of aromatic carboxylic acids is 1. The van der Waals surface area contributed by atoms with Crippen molar-refractivity contribution >= 4 is 5.97 Å². The zero-order chi connectivity index (χ0) is 14.1. The molecule has 1 rings (SSSR count). The van der Waals surface area contributed by atoms with Crippen LogP contribution in [0.3, 0.4) is 0 Å². The highest BCUT2D eigenvalue weighted by atomic mass is 19.4. The molecule has 0 radical (unpaired) electrons. The molecule has 0 saturated heterocycles. The van der Waals surface area contributed by atoms with E-state index in [2.05, 4.69) is 4.98 Å². The Morgan fingerprint density at radius 1 is 1.44 bits per heavy atom. The van der Waals surface area contributed by atoms with E-state index in [-0.39, 0.29) is 6.07 Å². The normalized spacial score (nSPS) is 11.4. The number of hydrogen-bond donors (Lipinski definition) is 1. The first-order valence-corrected chi connectivity index (χ1v) is 4.22. The van der Waals surface area contributed by atoms with Gasteiger partial charge in [-0.25, -0.2) is 18.6 Å². The van der Waals surface area contributed by atoms with Crippen molar-refractivity contribution in [2.75, 3.05) is 0 Å². The highest BCUT2D eigenvalue weighted by Gasteiger charge is 2.39. The van der Waals surface area contributed by atoms with Crippen LogP contribution in [0.25, 0.3) is 0 Å². The third-order valence-electron chi connectivity index (χ3n) is 1.89. The smallest absolute Gasteiger partial charge is 0.417 e. The number of carboxylic acids is 1. The molecule has 9 heteroatoms. The maximum Gasteiger partial charge on any atom is 0.417 e. The van der Waals surface area contributed by atoms with Gasteiger partial charge in [-0.1, -0.05) is 0 Å². The number of nitrogens with zero attached hydrogens (tertiary/aromatic N) is 2. The molecule has 0 amide bonds. The molecule has 1 heterocycles. The first-order valence-electron chi connectivity index (χ1n) is 4.22. The Labute approximate surface area is 96.3 Å². The summed E-state index contributed by atoms with van der Waals surface area (Å²) in [6, 6.07) is 1.28. The summed E-state index contributed by atoms with van der Waals surface area (Å²) < 4.78 is 62.5. The number of nitriles is 1. The molecule has 0 aliphatic rings. The zero-order valence-corrected chi connectivity index (χ0v) is 8.29. The predicted molar refractivity (Wildman–Crippen MR) is 45.9 cm³/mol. The lowest BCUT2D eigenvalue weighted by atomic mass is 10.0. The van der Waals surface area contributed by atoms with Crippen molar-refractivity contribution < 1.29 is 31.9 Å². The maximum atomic E-state index is 12.5. The van der Waals surface area contributed by atoms with E-state index in [1.807, 2.05) is 0 Å². The summed E-state index contributed by atoms with van der Waals surface area (Å²) in [5.41, 5.74) is -5.97. The topological polar surface area (TPSA) is 74.0 Å². The second kappa shape index (κ2) is 4.56. The first-order chi connectivity index (χ1) is 8.18. The number of carbonyl (C=O) groups is 1. The lowest BCUT2D eigenvalue weighted by Crippen LogP contribution is -2.18. The molecule has 0 aromatic carbocycles. The monoisotopic (exact) mass is 266 g/mol. The van der Waals surface area contributed by atoms with Gasteiger partial charge in [0.15, 0.2) is 0 Å². The van der Waals surface area contributed by atoms with Crippen LogP contribution < -0.4 is 0 Å². The average Bonchev–Trinajstić information content (AvgIpc) is 2.25. The number of alkyl halides is 5. The van der Waals surface area contributed by atoms with Crippen molar-refractivity contribution in [3.8, 4) is 6.07 Å². The largest absolute Gasteiger partial charge is 0.478 e. The van der Waals surface area contributed by atoms with Gasteiger partial charge >= 0.3 is 12.1 Å². The van der Waals surface area contributed by atoms with Gasteiger partial charge in [0.05, 0.1) is 11.1 Å². The third-order valence-corrected chi connectivity index (χ3v) is 1.89. The summed E-state index contributed by atoms with van der Waals surface area (Å²) in [7, 11) is 0. The molecule has 0 atom stereocenters. The summed E-state index contributed by atoms with van der Waals surface area (Å²) in [5, 5.41) is 17.0. The lowest BCUT2D eigenvalue weighted by molar-refractivity contribution is -0.138. The van der Waals surface area contributed by atoms with Crippen LogP contribution in [0.1, 0.15) is 33.7 Å². The minimum absolute atomic E-state index is 0.120. The van der Waals surface area contributed by atoms with Gasteiger partial charge in [0.25, 0.3) is 6.43 Å². The Bertz CT molecular complexity index is 533. The molecule has 1 aromatic heterocycles. The Morgan fingerprint density at radius 3 is 2.33 bits per heavy atom. The van der Waals surface area contributed by atoms with Gasteiger partial charge in [-0.3, -0.25) is 0 Å². The fourth-order valence-electron chi connectivity index (χ4n) is 1.23. The zero-order valence-electron chi connectivity index (χ0n) is 8.29. The Hall–Kier alpha value is -2.24. The molecule has 0 aliphatic carbocycles. The summed E-state index contributed by atoms with van der Waals surface area (Å²) in [6.45, 7) is 0. The van der Waals surface area contributed by atoms with Crippen LogP contribution in [0, 0.1) is 11.3 Å². The van der Waals surface area contributed by atoms with Crippen LogP contribution in [0.15, 0.2) is 6.07 Å². The number of pyridine rings is 1. The first kappa shape index (κ1) is 13.8. The Balaban J connectivity index is 3.73. The van der Waals surface area contributed by atoms with E-state index in [1.165, 1.54) is 0 Å². The van der Waals surface area contributed by atoms with Crippen molar-refractivity contribution in [1.29, 1.82) is 5.26 Å². The van der Waals surface area contributed by atoms with E-state index < -0.39 is 41.1 Å². The van der Waals surface area contributed by atoms with Crippen LogP contribution in [0.4, 0.5) is 22.0 Å². The van der Waals surface area contributed by atoms with Crippen molar-refractivity contribution in [3.05, 3.63) is 28.6 Å². The highest BCUT2D eigenvalue weighted by molar-refractivity contribution is 5.91. The highest BCUT2D eigenvalue weighted by Crippen LogP contribution is 2.35. The van der Waals surface area contributed by atoms with Crippen LogP contribution in [0.2, 0.25) is 0 Å². The van der Waals surface area contributed by atoms with Gasteiger partial charge in [-0.05, 0) is 6.07 Å². The molecule has 0 fully saturated rings. The number of rotatable bonds is 2. The fourth-order valence-corrected chi connectivity index (χ4v) is 1.23. The molecular formula is C9H3F5N2O2. The summed E-state index contributed by atoms with van der Waals surface area (Å²) in [5.74, 6) is -2.19. The molecule has 0 spiro atoms. The molecule has 96 valence electrons. The van der Waals surface area contributed by atoms with Crippen LogP contribution in [-0.4, -0.2) is 16.1 Å². The van der Waals surface area contributed by atoms with Crippen molar-refractivity contribution in [3.63, 3.8) is 0 Å². The molecule has 0 unspecified atom stereocenters. The van der Waals surface area contributed by atoms with Crippen LogP contribution >= 0.6 is 0 Å². The molecular weight excluding hydrogens is 263 g/mol. The summed E-state index contributed by atoms with van der Waals surface area (Å²) >= 11 is 0. The van der Waals surface area contributed by atoms with Crippen LogP contribution in [-0.2, 0) is 6.18 Å². The third kappa shape index (κ3) is 2.53.